The van der Waals surface area contributed by atoms with E-state index in [4.69, 9.17) is 5.26 Å². The van der Waals surface area contributed by atoms with Crippen molar-refractivity contribution in [1.29, 1.82) is 5.26 Å². The van der Waals surface area contributed by atoms with E-state index in [0.717, 1.165) is 16.7 Å². The predicted octanol–water partition coefficient (Wildman–Crippen LogP) is 3.41. The van der Waals surface area contributed by atoms with Crippen molar-refractivity contribution >= 4 is 0 Å². The van der Waals surface area contributed by atoms with Crippen molar-refractivity contribution in [2.24, 2.45) is 0 Å². The average Bonchev–Trinajstić information content (AvgIpc) is 2.30. The zero-order valence-electron chi connectivity index (χ0n) is 8.27. The average molecular weight is 192 g/mol. The SMILES string of the molecule is [CH2]c1ccc(-c2ccccc2C#N)cc1. The lowest BCUT2D eigenvalue weighted by Crippen LogP contribution is -1.83. The fraction of sp³-hybridized carbons (Fsp3) is 0. The van der Waals surface area contributed by atoms with Crippen molar-refractivity contribution in [2.45, 2.75) is 0 Å². The van der Waals surface area contributed by atoms with Crippen molar-refractivity contribution in [1.82, 2.24) is 0 Å². The first-order chi connectivity index (χ1) is 7.31. The molecule has 0 amide bonds. The van der Waals surface area contributed by atoms with Crippen LogP contribution in [0.25, 0.3) is 11.1 Å². The zero-order chi connectivity index (χ0) is 10.7. The standard InChI is InChI=1S/C14H10N/c1-11-6-8-12(9-7-11)14-5-3-2-4-13(14)10-15/h2-9H,1H2. The lowest BCUT2D eigenvalue weighted by atomic mass is 10.00. The Morgan fingerprint density at radius 1 is 0.933 bits per heavy atom. The van der Waals surface area contributed by atoms with E-state index in [-0.39, 0.29) is 0 Å². The van der Waals surface area contributed by atoms with Gasteiger partial charge >= 0.3 is 0 Å². The predicted molar refractivity (Wildman–Crippen MR) is 61.1 cm³/mol. The molecule has 0 saturated carbocycles. The Balaban J connectivity index is 2.55. The van der Waals surface area contributed by atoms with Gasteiger partial charge in [0.25, 0.3) is 0 Å². The maximum atomic E-state index is 8.97. The first-order valence-corrected chi connectivity index (χ1v) is 4.73. The number of benzene rings is 2. The van der Waals surface area contributed by atoms with E-state index in [1.54, 1.807) is 0 Å². The molecule has 2 aromatic rings. The van der Waals surface area contributed by atoms with Crippen molar-refractivity contribution in [2.75, 3.05) is 0 Å². The first-order valence-electron chi connectivity index (χ1n) is 4.73. The fourth-order valence-electron chi connectivity index (χ4n) is 1.52. The molecule has 0 atom stereocenters. The summed E-state index contributed by atoms with van der Waals surface area (Å²) < 4.78 is 0. The molecular formula is C14H10N. The summed E-state index contributed by atoms with van der Waals surface area (Å²) in [4.78, 5) is 0. The summed E-state index contributed by atoms with van der Waals surface area (Å²) in [6.45, 7) is 3.83. The minimum absolute atomic E-state index is 0.703. The van der Waals surface area contributed by atoms with Crippen molar-refractivity contribution < 1.29 is 0 Å². The molecule has 0 fully saturated rings. The molecule has 0 heterocycles. The van der Waals surface area contributed by atoms with Gasteiger partial charge in [-0.15, -0.1) is 0 Å². The van der Waals surface area contributed by atoms with Gasteiger partial charge in [0.1, 0.15) is 0 Å². The topological polar surface area (TPSA) is 23.8 Å². The molecule has 2 rings (SSSR count). The van der Waals surface area contributed by atoms with Gasteiger partial charge < -0.3 is 0 Å². The van der Waals surface area contributed by atoms with E-state index in [0.29, 0.717) is 5.56 Å². The highest BCUT2D eigenvalue weighted by molar-refractivity contribution is 5.70. The lowest BCUT2D eigenvalue weighted by molar-refractivity contribution is 1.47. The van der Waals surface area contributed by atoms with Crippen LogP contribution < -0.4 is 0 Å². The Morgan fingerprint density at radius 3 is 2.27 bits per heavy atom. The summed E-state index contributed by atoms with van der Waals surface area (Å²) in [5, 5.41) is 8.97. The molecule has 0 aliphatic carbocycles. The van der Waals surface area contributed by atoms with Crippen molar-refractivity contribution in [3.05, 3.63) is 66.6 Å². The van der Waals surface area contributed by atoms with Crippen LogP contribution in [0.2, 0.25) is 0 Å². The van der Waals surface area contributed by atoms with Gasteiger partial charge in [0.05, 0.1) is 11.6 Å². The molecule has 0 aliphatic heterocycles. The van der Waals surface area contributed by atoms with Gasteiger partial charge in [-0.1, -0.05) is 42.5 Å². The second-order valence-corrected chi connectivity index (χ2v) is 3.35. The van der Waals surface area contributed by atoms with E-state index in [1.165, 1.54) is 0 Å². The van der Waals surface area contributed by atoms with Gasteiger partial charge in [-0.25, -0.2) is 0 Å². The Morgan fingerprint density at radius 2 is 1.60 bits per heavy atom. The normalized spacial score (nSPS) is 9.60. The molecule has 71 valence electrons. The summed E-state index contributed by atoms with van der Waals surface area (Å²) in [5.41, 5.74) is 3.71. The summed E-state index contributed by atoms with van der Waals surface area (Å²) in [5.74, 6) is 0. The second kappa shape index (κ2) is 3.98. The number of hydrogen-bond donors (Lipinski definition) is 0. The summed E-state index contributed by atoms with van der Waals surface area (Å²) in [6.07, 6.45) is 0. The van der Waals surface area contributed by atoms with Crippen LogP contribution in [0.5, 0.6) is 0 Å². The summed E-state index contributed by atoms with van der Waals surface area (Å²) in [7, 11) is 0. The molecule has 2 aromatic carbocycles. The Kier molecular flexibility index (Phi) is 2.51. The number of hydrogen-bond acceptors (Lipinski definition) is 1. The molecule has 1 nitrogen and oxygen atoms in total. The van der Waals surface area contributed by atoms with Gasteiger partial charge in [-0.2, -0.15) is 5.26 Å². The lowest BCUT2D eigenvalue weighted by Gasteiger charge is -2.03. The third-order valence-corrected chi connectivity index (χ3v) is 2.31. The van der Waals surface area contributed by atoms with E-state index in [9.17, 15) is 0 Å². The number of nitrogens with zero attached hydrogens (tertiary/aromatic N) is 1. The van der Waals surface area contributed by atoms with Gasteiger partial charge in [0.15, 0.2) is 0 Å². The molecule has 0 saturated heterocycles. The van der Waals surface area contributed by atoms with Crippen LogP contribution >= 0.6 is 0 Å². The van der Waals surface area contributed by atoms with Crippen LogP contribution in [0.1, 0.15) is 11.1 Å². The second-order valence-electron chi connectivity index (χ2n) is 3.35. The highest BCUT2D eigenvalue weighted by Crippen LogP contribution is 2.23. The summed E-state index contributed by atoms with van der Waals surface area (Å²) >= 11 is 0. The van der Waals surface area contributed by atoms with Crippen LogP contribution in [0.15, 0.2) is 48.5 Å². The maximum Gasteiger partial charge on any atom is 0.0998 e. The molecule has 0 unspecified atom stereocenters. The van der Waals surface area contributed by atoms with Crippen LogP contribution in [-0.2, 0) is 0 Å². The third kappa shape index (κ3) is 1.89. The maximum absolute atomic E-state index is 8.97. The van der Waals surface area contributed by atoms with E-state index < -0.39 is 0 Å². The number of nitriles is 1. The van der Waals surface area contributed by atoms with Gasteiger partial charge in [-0.05, 0) is 29.7 Å². The molecular weight excluding hydrogens is 182 g/mol. The molecule has 0 N–H and O–H groups in total. The molecule has 0 spiro atoms. The monoisotopic (exact) mass is 192 g/mol. The Labute approximate surface area is 89.6 Å². The molecule has 0 aliphatic rings. The molecule has 0 bridgehead atoms. The van der Waals surface area contributed by atoms with Crippen molar-refractivity contribution in [3.8, 4) is 17.2 Å². The minimum Gasteiger partial charge on any atom is -0.192 e. The highest BCUT2D eigenvalue weighted by Gasteiger charge is 2.02. The largest absolute Gasteiger partial charge is 0.192 e. The van der Waals surface area contributed by atoms with E-state index in [2.05, 4.69) is 13.0 Å². The molecule has 15 heavy (non-hydrogen) atoms. The van der Waals surface area contributed by atoms with Crippen LogP contribution in [-0.4, -0.2) is 0 Å². The molecule has 0 aromatic heterocycles. The van der Waals surface area contributed by atoms with Gasteiger partial charge in [0.2, 0.25) is 0 Å². The third-order valence-electron chi connectivity index (χ3n) is 2.31. The van der Waals surface area contributed by atoms with Crippen LogP contribution in [0.3, 0.4) is 0 Å². The Hall–Kier alpha value is -2.07. The smallest absolute Gasteiger partial charge is 0.0998 e. The van der Waals surface area contributed by atoms with Crippen LogP contribution in [0, 0.1) is 18.3 Å². The molecule has 1 radical (unpaired) electrons. The first kappa shape index (κ1) is 9.48. The van der Waals surface area contributed by atoms with E-state index in [1.807, 2.05) is 48.5 Å². The Bertz CT molecular complexity index is 504. The van der Waals surface area contributed by atoms with E-state index >= 15 is 0 Å². The van der Waals surface area contributed by atoms with Gasteiger partial charge in [-0.3, -0.25) is 0 Å². The summed E-state index contributed by atoms with van der Waals surface area (Å²) in [6, 6.07) is 17.7. The quantitative estimate of drug-likeness (QED) is 0.679. The number of rotatable bonds is 1. The highest BCUT2D eigenvalue weighted by atomic mass is 14.2. The molecule has 1 heteroatoms. The van der Waals surface area contributed by atoms with Gasteiger partial charge in [0, 0.05) is 0 Å². The zero-order valence-corrected chi connectivity index (χ0v) is 8.27. The fourth-order valence-corrected chi connectivity index (χ4v) is 1.52. The van der Waals surface area contributed by atoms with Crippen molar-refractivity contribution in [3.63, 3.8) is 0 Å². The minimum atomic E-state index is 0.703. The van der Waals surface area contributed by atoms with Crippen LogP contribution in [0.4, 0.5) is 0 Å².